The molecule has 0 heterocycles. The molecule has 0 radical (unpaired) electrons. The molecule has 1 rings (SSSR count). The van der Waals surface area contributed by atoms with Crippen molar-refractivity contribution in [2.75, 3.05) is 13.6 Å². The molecular formula is C14H24N2. The van der Waals surface area contributed by atoms with E-state index in [1.807, 2.05) is 0 Å². The average Bonchev–Trinajstić information content (AvgIpc) is 2.21. The summed E-state index contributed by atoms with van der Waals surface area (Å²) < 4.78 is 0. The summed E-state index contributed by atoms with van der Waals surface area (Å²) in [4.78, 5) is 2.34. The zero-order valence-electron chi connectivity index (χ0n) is 10.9. The van der Waals surface area contributed by atoms with Crippen LogP contribution in [0.25, 0.3) is 0 Å². The first kappa shape index (κ1) is 13.2. The number of hydrogen-bond donors (Lipinski definition) is 1. The lowest BCUT2D eigenvalue weighted by atomic mass is 9.98. The van der Waals surface area contributed by atoms with Crippen LogP contribution in [0, 0.1) is 6.92 Å². The van der Waals surface area contributed by atoms with Crippen LogP contribution < -0.4 is 5.73 Å². The highest BCUT2D eigenvalue weighted by Gasteiger charge is 2.20. The highest BCUT2D eigenvalue weighted by Crippen LogP contribution is 2.22. The van der Waals surface area contributed by atoms with E-state index >= 15 is 0 Å². The molecule has 2 unspecified atom stereocenters. The quantitative estimate of drug-likeness (QED) is 0.826. The molecule has 1 aromatic carbocycles. The Morgan fingerprint density at radius 3 is 2.25 bits per heavy atom. The van der Waals surface area contributed by atoms with Crippen LogP contribution in [0.2, 0.25) is 0 Å². The lowest BCUT2D eigenvalue weighted by Gasteiger charge is -2.31. The lowest BCUT2D eigenvalue weighted by Crippen LogP contribution is -2.37. The molecule has 0 saturated carbocycles. The third-order valence-corrected chi connectivity index (χ3v) is 2.97. The van der Waals surface area contributed by atoms with Gasteiger partial charge in [-0.15, -0.1) is 0 Å². The standard InChI is InChI=1S/C14H24N2/c1-5-10-16(4)14(12(3)15)13-8-6-11(2)7-9-13/h6-9,12,14H,5,10,15H2,1-4H3. The Hall–Kier alpha value is -0.860. The molecule has 1 aromatic rings. The summed E-state index contributed by atoms with van der Waals surface area (Å²) in [6, 6.07) is 9.17. The molecule has 0 aliphatic heterocycles. The van der Waals surface area contributed by atoms with Gasteiger partial charge in [-0.05, 0) is 39.4 Å². The van der Waals surface area contributed by atoms with Gasteiger partial charge in [-0.2, -0.15) is 0 Å². The Morgan fingerprint density at radius 2 is 1.81 bits per heavy atom. The van der Waals surface area contributed by atoms with E-state index in [0.717, 1.165) is 13.0 Å². The number of rotatable bonds is 5. The predicted octanol–water partition coefficient (Wildman–Crippen LogP) is 2.73. The van der Waals surface area contributed by atoms with E-state index in [1.54, 1.807) is 0 Å². The number of aryl methyl sites for hydroxylation is 1. The van der Waals surface area contributed by atoms with E-state index in [4.69, 9.17) is 5.73 Å². The zero-order chi connectivity index (χ0) is 12.1. The molecule has 2 nitrogen and oxygen atoms in total. The number of nitrogens with two attached hydrogens (primary N) is 1. The second-order valence-electron chi connectivity index (χ2n) is 4.70. The lowest BCUT2D eigenvalue weighted by molar-refractivity contribution is 0.219. The number of hydrogen-bond acceptors (Lipinski definition) is 2. The van der Waals surface area contributed by atoms with E-state index in [1.165, 1.54) is 11.1 Å². The number of benzene rings is 1. The predicted molar refractivity (Wildman–Crippen MR) is 70.5 cm³/mol. The molecule has 0 saturated heterocycles. The maximum atomic E-state index is 6.10. The first-order valence-corrected chi connectivity index (χ1v) is 6.08. The summed E-state index contributed by atoms with van der Waals surface area (Å²) in [5.41, 5.74) is 8.71. The highest BCUT2D eigenvalue weighted by atomic mass is 15.1. The molecule has 0 spiro atoms. The van der Waals surface area contributed by atoms with Crippen LogP contribution in [0.4, 0.5) is 0 Å². The van der Waals surface area contributed by atoms with E-state index in [-0.39, 0.29) is 6.04 Å². The van der Waals surface area contributed by atoms with E-state index in [0.29, 0.717) is 6.04 Å². The first-order valence-electron chi connectivity index (χ1n) is 6.08. The van der Waals surface area contributed by atoms with E-state index in [9.17, 15) is 0 Å². The monoisotopic (exact) mass is 220 g/mol. The van der Waals surface area contributed by atoms with Gasteiger partial charge in [-0.1, -0.05) is 36.8 Å². The molecule has 0 aliphatic carbocycles. The van der Waals surface area contributed by atoms with Gasteiger partial charge >= 0.3 is 0 Å². The van der Waals surface area contributed by atoms with Crippen LogP contribution in [0.1, 0.15) is 37.4 Å². The molecule has 90 valence electrons. The molecule has 2 N–H and O–H groups in total. The summed E-state index contributed by atoms with van der Waals surface area (Å²) >= 11 is 0. The van der Waals surface area contributed by atoms with Gasteiger partial charge in [0.05, 0.1) is 0 Å². The van der Waals surface area contributed by atoms with Crippen molar-refractivity contribution in [1.82, 2.24) is 4.90 Å². The van der Waals surface area contributed by atoms with Crippen LogP contribution in [-0.4, -0.2) is 24.5 Å². The highest BCUT2D eigenvalue weighted by molar-refractivity contribution is 5.25. The van der Waals surface area contributed by atoms with Gasteiger partial charge in [0.1, 0.15) is 0 Å². The minimum absolute atomic E-state index is 0.152. The molecule has 2 heteroatoms. The average molecular weight is 220 g/mol. The molecule has 0 aliphatic rings. The SMILES string of the molecule is CCCN(C)C(c1ccc(C)cc1)C(C)N. The largest absolute Gasteiger partial charge is 0.326 e. The van der Waals surface area contributed by atoms with Gasteiger partial charge < -0.3 is 5.73 Å². The Kier molecular flexibility index (Phi) is 4.97. The smallest absolute Gasteiger partial charge is 0.0493 e. The Labute approximate surface area is 99.5 Å². The van der Waals surface area contributed by atoms with Gasteiger partial charge in [0.15, 0.2) is 0 Å². The van der Waals surface area contributed by atoms with Crippen molar-refractivity contribution in [3.05, 3.63) is 35.4 Å². The second kappa shape index (κ2) is 6.02. The van der Waals surface area contributed by atoms with Crippen molar-refractivity contribution in [2.45, 2.75) is 39.3 Å². The maximum absolute atomic E-state index is 6.10. The third-order valence-electron chi connectivity index (χ3n) is 2.97. The van der Waals surface area contributed by atoms with Gasteiger partial charge in [0.2, 0.25) is 0 Å². The minimum Gasteiger partial charge on any atom is -0.326 e. The summed E-state index contributed by atoms with van der Waals surface area (Å²) in [6.07, 6.45) is 1.16. The van der Waals surface area contributed by atoms with Crippen LogP contribution in [0.15, 0.2) is 24.3 Å². The van der Waals surface area contributed by atoms with Gasteiger partial charge in [0.25, 0.3) is 0 Å². The summed E-state index contributed by atoms with van der Waals surface area (Å²) in [6.45, 7) is 7.47. The number of likely N-dealkylation sites (N-methyl/N-ethyl adjacent to an activating group) is 1. The molecule has 2 atom stereocenters. The fourth-order valence-corrected chi connectivity index (χ4v) is 2.21. The Bertz CT molecular complexity index is 303. The maximum Gasteiger partial charge on any atom is 0.0493 e. The van der Waals surface area contributed by atoms with Crippen molar-refractivity contribution in [1.29, 1.82) is 0 Å². The van der Waals surface area contributed by atoms with Gasteiger partial charge in [-0.25, -0.2) is 0 Å². The molecule has 16 heavy (non-hydrogen) atoms. The van der Waals surface area contributed by atoms with Crippen LogP contribution in [0.3, 0.4) is 0 Å². The molecule has 0 fully saturated rings. The van der Waals surface area contributed by atoms with Gasteiger partial charge in [-0.3, -0.25) is 4.90 Å². The first-order chi connectivity index (χ1) is 7.56. The van der Waals surface area contributed by atoms with Crippen LogP contribution in [0.5, 0.6) is 0 Å². The third kappa shape index (κ3) is 3.32. The fraction of sp³-hybridized carbons (Fsp3) is 0.571. The molecule has 0 bridgehead atoms. The van der Waals surface area contributed by atoms with Crippen molar-refractivity contribution >= 4 is 0 Å². The van der Waals surface area contributed by atoms with E-state index in [2.05, 4.69) is 57.0 Å². The Morgan fingerprint density at radius 1 is 1.25 bits per heavy atom. The summed E-state index contributed by atoms with van der Waals surface area (Å²) in [7, 11) is 2.15. The van der Waals surface area contributed by atoms with Crippen LogP contribution >= 0.6 is 0 Å². The molecular weight excluding hydrogens is 196 g/mol. The normalized spacial score (nSPS) is 15.1. The van der Waals surface area contributed by atoms with Crippen LogP contribution in [-0.2, 0) is 0 Å². The topological polar surface area (TPSA) is 29.3 Å². The zero-order valence-corrected chi connectivity index (χ0v) is 10.9. The van der Waals surface area contributed by atoms with Crippen molar-refractivity contribution in [3.8, 4) is 0 Å². The van der Waals surface area contributed by atoms with Crippen molar-refractivity contribution < 1.29 is 0 Å². The molecule has 0 amide bonds. The van der Waals surface area contributed by atoms with Crippen molar-refractivity contribution in [2.24, 2.45) is 5.73 Å². The van der Waals surface area contributed by atoms with Gasteiger partial charge in [0, 0.05) is 12.1 Å². The minimum atomic E-state index is 0.152. The summed E-state index contributed by atoms with van der Waals surface area (Å²) in [5.74, 6) is 0. The fourth-order valence-electron chi connectivity index (χ4n) is 2.21. The molecule has 0 aromatic heterocycles. The Balaban J connectivity index is 2.89. The number of nitrogens with zero attached hydrogens (tertiary/aromatic N) is 1. The van der Waals surface area contributed by atoms with Crippen molar-refractivity contribution in [3.63, 3.8) is 0 Å². The second-order valence-corrected chi connectivity index (χ2v) is 4.70. The summed E-state index contributed by atoms with van der Waals surface area (Å²) in [5, 5.41) is 0. The van der Waals surface area contributed by atoms with E-state index < -0.39 is 0 Å².